The molecule has 0 rings (SSSR count). The molecule has 0 N–H and O–H groups in total. The highest BCUT2D eigenvalue weighted by molar-refractivity contribution is 5.71. The molecule has 424 valence electrons. The van der Waals surface area contributed by atoms with Crippen molar-refractivity contribution < 1.29 is 28.6 Å². The van der Waals surface area contributed by atoms with Crippen molar-refractivity contribution in [3.8, 4) is 0 Å². The molecule has 75 heavy (non-hydrogen) atoms. The summed E-state index contributed by atoms with van der Waals surface area (Å²) in [6, 6.07) is 0. The molecule has 0 aromatic carbocycles. The minimum Gasteiger partial charge on any atom is -0.462 e. The van der Waals surface area contributed by atoms with Crippen LogP contribution in [-0.4, -0.2) is 37.2 Å². The van der Waals surface area contributed by atoms with Gasteiger partial charge in [0.2, 0.25) is 0 Å². The lowest BCUT2D eigenvalue weighted by Crippen LogP contribution is -2.30. The van der Waals surface area contributed by atoms with Crippen LogP contribution >= 0.6 is 0 Å². The van der Waals surface area contributed by atoms with Crippen molar-refractivity contribution in [3.63, 3.8) is 0 Å². The largest absolute Gasteiger partial charge is 0.462 e. The molecule has 6 heteroatoms. The summed E-state index contributed by atoms with van der Waals surface area (Å²) >= 11 is 0. The monoisotopic (exact) mass is 1040 g/mol. The van der Waals surface area contributed by atoms with E-state index in [1.165, 1.54) is 77.0 Å². The Balaban J connectivity index is 4.36. The Hall–Kier alpha value is -4.45. The summed E-state index contributed by atoms with van der Waals surface area (Å²) in [6.45, 7) is 6.45. The van der Waals surface area contributed by atoms with Crippen LogP contribution in [0.5, 0.6) is 0 Å². The van der Waals surface area contributed by atoms with E-state index in [1.54, 1.807) is 0 Å². The van der Waals surface area contributed by atoms with Crippen LogP contribution in [0, 0.1) is 0 Å². The van der Waals surface area contributed by atoms with Crippen molar-refractivity contribution in [2.75, 3.05) is 13.2 Å². The first-order valence-corrected chi connectivity index (χ1v) is 30.7. The van der Waals surface area contributed by atoms with Crippen molar-refractivity contribution in [3.05, 3.63) is 134 Å². The molecule has 0 aliphatic rings. The molecule has 0 fully saturated rings. The summed E-state index contributed by atoms with van der Waals surface area (Å²) < 4.78 is 16.8. The number of hydrogen-bond acceptors (Lipinski definition) is 6. The van der Waals surface area contributed by atoms with Crippen LogP contribution in [0.4, 0.5) is 0 Å². The Morgan fingerprint density at radius 2 is 0.520 bits per heavy atom. The first-order chi connectivity index (χ1) is 37.0. The molecule has 0 radical (unpaired) electrons. The zero-order valence-corrected chi connectivity index (χ0v) is 48.5. The van der Waals surface area contributed by atoms with Crippen LogP contribution in [0.1, 0.15) is 265 Å². The van der Waals surface area contributed by atoms with Gasteiger partial charge in [-0.15, -0.1) is 0 Å². The highest BCUT2D eigenvalue weighted by Crippen LogP contribution is 2.14. The third-order valence-electron chi connectivity index (χ3n) is 12.6. The molecular weight excluding hydrogens is 925 g/mol. The van der Waals surface area contributed by atoms with Gasteiger partial charge in [-0.1, -0.05) is 257 Å². The smallest absolute Gasteiger partial charge is 0.306 e. The summed E-state index contributed by atoms with van der Waals surface area (Å²) in [5.41, 5.74) is 0. The van der Waals surface area contributed by atoms with E-state index in [-0.39, 0.29) is 31.1 Å². The second-order valence-corrected chi connectivity index (χ2v) is 19.9. The lowest BCUT2D eigenvalue weighted by Gasteiger charge is -2.18. The molecule has 0 aromatic heterocycles. The molecule has 1 atom stereocenters. The van der Waals surface area contributed by atoms with Gasteiger partial charge in [-0.05, 0) is 122 Å². The first-order valence-electron chi connectivity index (χ1n) is 30.7. The average molecular weight is 1040 g/mol. The normalized spacial score (nSPS) is 13.1. The number of allylic oxidation sites excluding steroid dienone is 22. The number of esters is 3. The quantitative estimate of drug-likeness (QED) is 0.0261. The predicted molar refractivity (Wildman–Crippen MR) is 325 cm³/mol. The van der Waals surface area contributed by atoms with Crippen LogP contribution < -0.4 is 0 Å². The molecule has 0 aromatic rings. The average Bonchev–Trinajstić information content (AvgIpc) is 3.41. The fourth-order valence-corrected chi connectivity index (χ4v) is 8.05. The lowest BCUT2D eigenvalue weighted by molar-refractivity contribution is -0.167. The van der Waals surface area contributed by atoms with Gasteiger partial charge in [0, 0.05) is 19.3 Å². The van der Waals surface area contributed by atoms with Crippen molar-refractivity contribution >= 4 is 17.9 Å². The minimum atomic E-state index is -0.802. The van der Waals surface area contributed by atoms with Gasteiger partial charge < -0.3 is 14.2 Å². The van der Waals surface area contributed by atoms with Gasteiger partial charge in [0.15, 0.2) is 6.10 Å². The molecule has 0 heterocycles. The molecule has 0 aliphatic heterocycles. The molecule has 0 bridgehead atoms. The molecule has 0 spiro atoms. The maximum atomic E-state index is 12.8. The van der Waals surface area contributed by atoms with Gasteiger partial charge in [-0.25, -0.2) is 0 Å². The topological polar surface area (TPSA) is 78.9 Å². The van der Waals surface area contributed by atoms with E-state index < -0.39 is 6.10 Å². The Kier molecular flexibility index (Phi) is 58.4. The molecule has 0 amide bonds. The van der Waals surface area contributed by atoms with Gasteiger partial charge in [-0.3, -0.25) is 14.4 Å². The van der Waals surface area contributed by atoms with E-state index in [2.05, 4.69) is 154 Å². The fourth-order valence-electron chi connectivity index (χ4n) is 8.05. The first kappa shape index (κ1) is 70.5. The number of carbonyl (C=O) groups is 3. The Morgan fingerprint density at radius 1 is 0.280 bits per heavy atom. The van der Waals surface area contributed by atoms with E-state index in [4.69, 9.17) is 14.2 Å². The fraction of sp³-hybridized carbons (Fsp3) is 0.638. The summed E-state index contributed by atoms with van der Waals surface area (Å²) in [5, 5.41) is 0. The Bertz CT molecular complexity index is 1620. The van der Waals surface area contributed by atoms with E-state index in [0.717, 1.165) is 148 Å². The maximum Gasteiger partial charge on any atom is 0.306 e. The van der Waals surface area contributed by atoms with E-state index in [0.29, 0.717) is 19.3 Å². The van der Waals surface area contributed by atoms with Gasteiger partial charge in [-0.2, -0.15) is 0 Å². The van der Waals surface area contributed by atoms with Crippen molar-refractivity contribution in [2.24, 2.45) is 0 Å². The SMILES string of the molecule is CC/C=C\C/C=C\C/C=C\C/C=C\C/C=C\C/C=C\C/C=C\C/C=C\C/C=C\CCCCCC(=O)OCC(COC(=O)CCCCCCCCCCCCC)OC(=O)CCCCCCC/C=C\C/C=C\CCCCC. The van der Waals surface area contributed by atoms with Gasteiger partial charge >= 0.3 is 17.9 Å². The summed E-state index contributed by atoms with van der Waals surface area (Å²) in [7, 11) is 0. The van der Waals surface area contributed by atoms with E-state index >= 15 is 0 Å². The molecule has 0 saturated carbocycles. The highest BCUT2D eigenvalue weighted by atomic mass is 16.6. The van der Waals surface area contributed by atoms with Crippen LogP contribution in [0.25, 0.3) is 0 Å². The number of unbranched alkanes of at least 4 members (excludes halogenated alkanes) is 21. The third-order valence-corrected chi connectivity index (χ3v) is 12.6. The van der Waals surface area contributed by atoms with Crippen LogP contribution in [0.3, 0.4) is 0 Å². The maximum absolute atomic E-state index is 12.8. The van der Waals surface area contributed by atoms with Gasteiger partial charge in [0.25, 0.3) is 0 Å². The molecule has 6 nitrogen and oxygen atoms in total. The zero-order chi connectivity index (χ0) is 54.3. The predicted octanol–water partition coefficient (Wildman–Crippen LogP) is 21.0. The van der Waals surface area contributed by atoms with E-state index in [9.17, 15) is 14.4 Å². The lowest BCUT2D eigenvalue weighted by atomic mass is 10.1. The summed E-state index contributed by atoms with van der Waals surface area (Å²) in [4.78, 5) is 38.1. The van der Waals surface area contributed by atoms with Gasteiger partial charge in [0.05, 0.1) is 0 Å². The highest BCUT2D eigenvalue weighted by Gasteiger charge is 2.19. The second-order valence-electron chi connectivity index (χ2n) is 19.9. The van der Waals surface area contributed by atoms with Gasteiger partial charge in [0.1, 0.15) is 13.2 Å². The van der Waals surface area contributed by atoms with Crippen molar-refractivity contribution in [1.82, 2.24) is 0 Å². The number of rotatable bonds is 54. The molecular formula is C69H112O6. The number of ether oxygens (including phenoxy) is 3. The van der Waals surface area contributed by atoms with Crippen LogP contribution in [-0.2, 0) is 28.6 Å². The Labute approximate surface area is 462 Å². The molecule has 1 unspecified atom stereocenters. The standard InChI is InChI=1S/C69H112O6/c1-4-7-10-13-16-19-22-24-26-27-28-29-30-31-32-33-34-35-36-37-38-39-40-41-43-44-47-50-53-56-59-62-68(71)74-65-66(64-73-67(70)61-58-55-52-49-46-21-18-15-12-9-6-3)75-69(72)63-60-57-54-51-48-45-42-25-23-20-17-14-11-8-5-2/h7,10,16-17,19-20,24-26,28-29,31-32,34-35,37-38,40-42,44,47,66H,4-6,8-9,11-15,18,21-23,27,30,33,36,39,43,45-46,48-65H2,1-3H3/b10-7-,19-16-,20-17-,26-24-,29-28-,32-31-,35-34-,38-37-,41-40-,42-25-,47-44-. The number of hydrogen-bond donors (Lipinski definition) is 0. The second kappa shape index (κ2) is 62.1. The van der Waals surface area contributed by atoms with E-state index in [1.807, 2.05) is 0 Å². The minimum absolute atomic E-state index is 0.0959. The van der Waals surface area contributed by atoms with Crippen LogP contribution in [0.15, 0.2) is 134 Å². The van der Waals surface area contributed by atoms with Crippen molar-refractivity contribution in [1.29, 1.82) is 0 Å². The number of carbonyl (C=O) groups excluding carboxylic acids is 3. The molecule has 0 aliphatic carbocycles. The molecule has 0 saturated heterocycles. The summed E-state index contributed by atoms with van der Waals surface area (Å²) in [5.74, 6) is -0.946. The zero-order valence-electron chi connectivity index (χ0n) is 48.5. The third kappa shape index (κ3) is 60.3. The van der Waals surface area contributed by atoms with Crippen LogP contribution in [0.2, 0.25) is 0 Å². The van der Waals surface area contributed by atoms with Crippen molar-refractivity contribution in [2.45, 2.75) is 271 Å². The summed E-state index contributed by atoms with van der Waals surface area (Å²) in [6.07, 6.45) is 87.4. The Morgan fingerprint density at radius 3 is 0.853 bits per heavy atom.